The maximum atomic E-state index is 12.3. The Bertz CT molecular complexity index is 464. The van der Waals surface area contributed by atoms with Gasteiger partial charge in [0.2, 0.25) is 10.0 Å². The van der Waals surface area contributed by atoms with E-state index in [9.17, 15) is 18.0 Å². The monoisotopic (exact) mass is 322 g/mol. The summed E-state index contributed by atoms with van der Waals surface area (Å²) in [5.74, 6) is -1.20. The first-order chi connectivity index (χ1) is 9.92. The average molecular weight is 322 g/mol. The normalized spacial score (nSPS) is 20.0. The molecule has 1 aliphatic heterocycles. The van der Waals surface area contributed by atoms with Gasteiger partial charge in [-0.05, 0) is 13.3 Å². The molecule has 0 bridgehead atoms. The largest absolute Gasteiger partial charge is 0.469 e. The second-order valence-corrected chi connectivity index (χ2v) is 6.62. The summed E-state index contributed by atoms with van der Waals surface area (Å²) in [7, 11) is -2.36. The zero-order valence-electron chi connectivity index (χ0n) is 12.3. The SMILES string of the molecule is CCOC(=O)C1CNCCN1S(=O)(=O)CCCC(=O)OC. The van der Waals surface area contributed by atoms with Crippen LogP contribution >= 0.6 is 0 Å². The molecule has 0 aliphatic carbocycles. The Balaban J connectivity index is 2.68. The number of rotatable bonds is 7. The third-order valence-corrected chi connectivity index (χ3v) is 5.08. The molecule has 0 radical (unpaired) electrons. The molecular formula is C12H22N2O6S. The molecule has 0 amide bonds. The van der Waals surface area contributed by atoms with Crippen molar-refractivity contribution in [1.29, 1.82) is 0 Å². The number of carbonyl (C=O) groups is 2. The van der Waals surface area contributed by atoms with Crippen LogP contribution in [-0.4, -0.2) is 69.8 Å². The fourth-order valence-corrected chi connectivity index (χ4v) is 3.74. The van der Waals surface area contributed by atoms with Crippen LogP contribution in [0.3, 0.4) is 0 Å². The van der Waals surface area contributed by atoms with Crippen LogP contribution in [0.1, 0.15) is 19.8 Å². The van der Waals surface area contributed by atoms with Crippen LogP contribution in [-0.2, 0) is 29.1 Å². The third kappa shape index (κ3) is 5.25. The van der Waals surface area contributed by atoms with Gasteiger partial charge in [0.15, 0.2) is 0 Å². The Morgan fingerprint density at radius 2 is 2.10 bits per heavy atom. The summed E-state index contributed by atoms with van der Waals surface area (Å²) >= 11 is 0. The Labute approximate surface area is 124 Å². The minimum Gasteiger partial charge on any atom is -0.469 e. The smallest absolute Gasteiger partial charge is 0.325 e. The van der Waals surface area contributed by atoms with Crippen molar-refractivity contribution < 1.29 is 27.5 Å². The number of piperazine rings is 1. The number of hydrogen-bond donors (Lipinski definition) is 1. The molecule has 8 nitrogen and oxygen atoms in total. The van der Waals surface area contributed by atoms with Crippen LogP contribution < -0.4 is 5.32 Å². The highest BCUT2D eigenvalue weighted by molar-refractivity contribution is 7.89. The molecule has 1 unspecified atom stereocenters. The summed E-state index contributed by atoms with van der Waals surface area (Å²) in [5, 5.41) is 2.98. The Hall–Kier alpha value is -1.19. The summed E-state index contributed by atoms with van der Waals surface area (Å²) in [6.45, 7) is 2.79. The lowest BCUT2D eigenvalue weighted by molar-refractivity contribution is -0.148. The predicted octanol–water partition coefficient (Wildman–Crippen LogP) is -0.894. The Morgan fingerprint density at radius 3 is 2.71 bits per heavy atom. The first-order valence-corrected chi connectivity index (χ1v) is 8.47. The van der Waals surface area contributed by atoms with Crippen LogP contribution in [0.25, 0.3) is 0 Å². The molecule has 0 aromatic heterocycles. The van der Waals surface area contributed by atoms with Crippen LogP contribution in [0.4, 0.5) is 0 Å². The lowest BCUT2D eigenvalue weighted by Crippen LogP contribution is -2.57. The number of sulfonamides is 1. The lowest BCUT2D eigenvalue weighted by Gasteiger charge is -2.33. The molecule has 1 saturated heterocycles. The van der Waals surface area contributed by atoms with Crippen molar-refractivity contribution in [3.8, 4) is 0 Å². The second-order valence-electron chi connectivity index (χ2n) is 4.58. The number of nitrogens with one attached hydrogen (secondary N) is 1. The Morgan fingerprint density at radius 1 is 1.38 bits per heavy atom. The molecule has 21 heavy (non-hydrogen) atoms. The summed E-state index contributed by atoms with van der Waals surface area (Å²) in [5.41, 5.74) is 0. The van der Waals surface area contributed by atoms with Crippen molar-refractivity contribution in [3.05, 3.63) is 0 Å². The zero-order chi connectivity index (χ0) is 15.9. The maximum Gasteiger partial charge on any atom is 0.325 e. The first kappa shape index (κ1) is 17.9. The molecule has 1 rings (SSSR count). The van der Waals surface area contributed by atoms with Gasteiger partial charge in [0, 0.05) is 26.1 Å². The van der Waals surface area contributed by atoms with Gasteiger partial charge in [0.25, 0.3) is 0 Å². The van der Waals surface area contributed by atoms with Crippen molar-refractivity contribution in [3.63, 3.8) is 0 Å². The summed E-state index contributed by atoms with van der Waals surface area (Å²) in [6.07, 6.45) is 0.195. The molecule has 9 heteroatoms. The summed E-state index contributed by atoms with van der Waals surface area (Å²) in [4.78, 5) is 22.9. The van der Waals surface area contributed by atoms with Gasteiger partial charge in [-0.2, -0.15) is 4.31 Å². The molecular weight excluding hydrogens is 300 g/mol. The quantitative estimate of drug-likeness (QED) is 0.606. The van der Waals surface area contributed by atoms with E-state index in [2.05, 4.69) is 10.1 Å². The molecule has 1 heterocycles. The van der Waals surface area contributed by atoms with Crippen LogP contribution in [0.2, 0.25) is 0 Å². The van der Waals surface area contributed by atoms with Gasteiger partial charge in [-0.15, -0.1) is 0 Å². The molecule has 0 aromatic rings. The average Bonchev–Trinajstić information content (AvgIpc) is 2.47. The number of ether oxygens (including phenoxy) is 2. The van der Waals surface area contributed by atoms with Gasteiger partial charge in [0.1, 0.15) is 6.04 Å². The van der Waals surface area contributed by atoms with Crippen molar-refractivity contribution >= 4 is 22.0 Å². The fourth-order valence-electron chi connectivity index (χ4n) is 2.08. The predicted molar refractivity (Wildman–Crippen MR) is 75.0 cm³/mol. The van der Waals surface area contributed by atoms with Gasteiger partial charge in [-0.3, -0.25) is 9.59 Å². The van der Waals surface area contributed by atoms with E-state index in [0.29, 0.717) is 6.54 Å². The topological polar surface area (TPSA) is 102 Å². The molecule has 0 spiro atoms. The number of methoxy groups -OCH3 is 1. The van der Waals surface area contributed by atoms with Gasteiger partial charge in [-0.1, -0.05) is 0 Å². The van der Waals surface area contributed by atoms with Gasteiger partial charge >= 0.3 is 11.9 Å². The third-order valence-electron chi connectivity index (χ3n) is 3.12. The van der Waals surface area contributed by atoms with E-state index < -0.39 is 28.0 Å². The number of esters is 2. The second kappa shape index (κ2) is 8.30. The van der Waals surface area contributed by atoms with Crippen molar-refractivity contribution in [2.75, 3.05) is 39.1 Å². The fraction of sp³-hybridized carbons (Fsp3) is 0.833. The highest BCUT2D eigenvalue weighted by Crippen LogP contribution is 2.14. The maximum absolute atomic E-state index is 12.3. The summed E-state index contributed by atoms with van der Waals surface area (Å²) in [6, 6.07) is -0.846. The molecule has 1 aliphatic rings. The summed E-state index contributed by atoms with van der Waals surface area (Å²) < 4.78 is 35.2. The van der Waals surface area contributed by atoms with Gasteiger partial charge < -0.3 is 14.8 Å². The molecule has 1 atom stereocenters. The molecule has 1 N–H and O–H groups in total. The zero-order valence-corrected chi connectivity index (χ0v) is 13.1. The van der Waals surface area contributed by atoms with Gasteiger partial charge in [0.05, 0.1) is 19.5 Å². The standard InChI is InChI=1S/C12H22N2O6S/c1-3-20-12(16)10-9-13-6-7-14(10)21(17,18)8-4-5-11(15)19-2/h10,13H,3-9H2,1-2H3. The van der Waals surface area contributed by atoms with Crippen LogP contribution in [0.5, 0.6) is 0 Å². The molecule has 0 aromatic carbocycles. The highest BCUT2D eigenvalue weighted by Gasteiger charge is 2.37. The van der Waals surface area contributed by atoms with Gasteiger partial charge in [-0.25, -0.2) is 8.42 Å². The Kier molecular flexibility index (Phi) is 7.06. The van der Waals surface area contributed by atoms with E-state index in [4.69, 9.17) is 4.74 Å². The van der Waals surface area contributed by atoms with Crippen molar-refractivity contribution in [1.82, 2.24) is 9.62 Å². The van der Waals surface area contributed by atoms with Crippen LogP contribution in [0.15, 0.2) is 0 Å². The number of hydrogen-bond acceptors (Lipinski definition) is 7. The van der Waals surface area contributed by atoms with E-state index >= 15 is 0 Å². The minimum atomic E-state index is -3.62. The highest BCUT2D eigenvalue weighted by atomic mass is 32.2. The molecule has 1 fully saturated rings. The van der Waals surface area contributed by atoms with Crippen molar-refractivity contribution in [2.24, 2.45) is 0 Å². The van der Waals surface area contributed by atoms with E-state index in [1.54, 1.807) is 6.92 Å². The number of nitrogens with zero attached hydrogens (tertiary/aromatic N) is 1. The van der Waals surface area contributed by atoms with E-state index in [1.807, 2.05) is 0 Å². The van der Waals surface area contributed by atoms with Crippen LogP contribution in [0, 0.1) is 0 Å². The first-order valence-electron chi connectivity index (χ1n) is 6.86. The van der Waals surface area contributed by atoms with Crippen molar-refractivity contribution in [2.45, 2.75) is 25.8 Å². The molecule has 122 valence electrons. The van der Waals surface area contributed by atoms with E-state index in [0.717, 1.165) is 0 Å². The van der Waals surface area contributed by atoms with E-state index in [-0.39, 0.29) is 38.3 Å². The molecule has 0 saturated carbocycles. The minimum absolute atomic E-state index is 0.0336. The number of carbonyl (C=O) groups excluding carboxylic acids is 2. The lowest BCUT2D eigenvalue weighted by atomic mass is 10.2. The van der Waals surface area contributed by atoms with E-state index in [1.165, 1.54) is 11.4 Å².